The molecular weight excluding hydrogens is 314 g/mol. The second kappa shape index (κ2) is 8.60. The molecule has 134 valence electrons. The molecule has 1 saturated heterocycles. The molecule has 0 saturated carbocycles. The number of anilines is 1. The number of carbonyl (C=O) groups excluding carboxylic acids is 2. The highest BCUT2D eigenvalue weighted by atomic mass is 16.2. The van der Waals surface area contributed by atoms with Crippen LogP contribution in [0.4, 0.5) is 5.69 Å². The van der Waals surface area contributed by atoms with Gasteiger partial charge in [-0.3, -0.25) is 14.6 Å². The number of likely N-dealkylation sites (tertiary alicyclic amines) is 1. The predicted octanol–water partition coefficient (Wildman–Crippen LogP) is 3.71. The van der Waals surface area contributed by atoms with Crippen molar-refractivity contribution >= 4 is 23.1 Å². The SMILES string of the molecule is C=CC(=O)N1CCCC1C(=O)Nc1cnc(C)c(/C(C)=C\CCC)c1. The van der Waals surface area contributed by atoms with Gasteiger partial charge in [-0.1, -0.05) is 26.0 Å². The first-order valence-corrected chi connectivity index (χ1v) is 8.85. The summed E-state index contributed by atoms with van der Waals surface area (Å²) in [5.74, 6) is -0.363. The van der Waals surface area contributed by atoms with Gasteiger partial charge in [0.05, 0.1) is 11.9 Å². The monoisotopic (exact) mass is 341 g/mol. The van der Waals surface area contributed by atoms with E-state index in [1.807, 2.05) is 13.0 Å². The van der Waals surface area contributed by atoms with Crippen LogP contribution in [-0.2, 0) is 9.59 Å². The first-order chi connectivity index (χ1) is 12.0. The Labute approximate surface area is 149 Å². The summed E-state index contributed by atoms with van der Waals surface area (Å²) in [5, 5.41) is 2.91. The largest absolute Gasteiger partial charge is 0.327 e. The zero-order valence-electron chi connectivity index (χ0n) is 15.3. The van der Waals surface area contributed by atoms with E-state index < -0.39 is 6.04 Å². The van der Waals surface area contributed by atoms with E-state index in [0.717, 1.165) is 36.1 Å². The van der Waals surface area contributed by atoms with Crippen LogP contribution in [0, 0.1) is 6.92 Å². The molecule has 2 rings (SSSR count). The van der Waals surface area contributed by atoms with Gasteiger partial charge in [-0.05, 0) is 50.8 Å². The zero-order chi connectivity index (χ0) is 18.4. The van der Waals surface area contributed by atoms with Gasteiger partial charge in [0.1, 0.15) is 6.04 Å². The molecule has 0 aromatic carbocycles. The highest BCUT2D eigenvalue weighted by molar-refractivity contribution is 5.99. The molecule has 2 heterocycles. The highest BCUT2D eigenvalue weighted by Crippen LogP contribution is 2.23. The molecule has 0 spiro atoms. The van der Waals surface area contributed by atoms with Crippen LogP contribution in [0.1, 0.15) is 50.8 Å². The average Bonchev–Trinajstić information content (AvgIpc) is 3.10. The normalized spacial score (nSPS) is 17.5. The minimum atomic E-state index is -0.438. The van der Waals surface area contributed by atoms with Crippen molar-refractivity contribution in [2.75, 3.05) is 11.9 Å². The molecule has 0 aliphatic carbocycles. The molecule has 1 aliphatic heterocycles. The molecule has 1 aromatic heterocycles. The molecule has 5 nitrogen and oxygen atoms in total. The fourth-order valence-corrected chi connectivity index (χ4v) is 3.12. The van der Waals surface area contributed by atoms with Gasteiger partial charge >= 0.3 is 0 Å². The standard InChI is InChI=1S/C20H27N3O2/c1-5-7-9-14(3)17-12-16(13-21-15(17)4)22-20(25)18-10-8-11-23(18)19(24)6-2/h6,9,12-13,18H,2,5,7-8,10-11H2,1,3-4H3,(H,22,25)/b14-9-. The number of allylic oxidation sites excluding steroid dienone is 2. The van der Waals surface area contributed by atoms with Crippen LogP contribution in [0.5, 0.6) is 0 Å². The molecule has 0 radical (unpaired) electrons. The number of carbonyl (C=O) groups is 2. The van der Waals surface area contributed by atoms with Crippen molar-refractivity contribution in [1.29, 1.82) is 0 Å². The van der Waals surface area contributed by atoms with E-state index in [2.05, 4.69) is 36.8 Å². The van der Waals surface area contributed by atoms with Gasteiger partial charge in [0.25, 0.3) is 0 Å². The van der Waals surface area contributed by atoms with Crippen LogP contribution in [-0.4, -0.2) is 34.3 Å². The highest BCUT2D eigenvalue weighted by Gasteiger charge is 2.33. The number of aromatic nitrogens is 1. The molecule has 25 heavy (non-hydrogen) atoms. The Morgan fingerprint density at radius 2 is 2.24 bits per heavy atom. The maximum absolute atomic E-state index is 12.6. The van der Waals surface area contributed by atoms with E-state index in [4.69, 9.17) is 0 Å². The topological polar surface area (TPSA) is 62.3 Å². The van der Waals surface area contributed by atoms with Crippen molar-refractivity contribution in [3.63, 3.8) is 0 Å². The Bertz CT molecular complexity index is 694. The van der Waals surface area contributed by atoms with Crippen LogP contribution < -0.4 is 5.32 Å². The van der Waals surface area contributed by atoms with Crippen LogP contribution >= 0.6 is 0 Å². The van der Waals surface area contributed by atoms with E-state index in [1.54, 1.807) is 11.1 Å². The van der Waals surface area contributed by atoms with Crippen LogP contribution in [0.3, 0.4) is 0 Å². The predicted molar refractivity (Wildman–Crippen MR) is 101 cm³/mol. The summed E-state index contributed by atoms with van der Waals surface area (Å²) >= 11 is 0. The number of amides is 2. The summed E-state index contributed by atoms with van der Waals surface area (Å²) in [6, 6.07) is 1.52. The average molecular weight is 341 g/mol. The van der Waals surface area contributed by atoms with Crippen molar-refractivity contribution in [2.45, 2.75) is 52.5 Å². The third-order valence-corrected chi connectivity index (χ3v) is 4.53. The molecule has 1 unspecified atom stereocenters. The van der Waals surface area contributed by atoms with Gasteiger partial charge in [-0.15, -0.1) is 0 Å². The van der Waals surface area contributed by atoms with Gasteiger partial charge < -0.3 is 10.2 Å². The summed E-state index contributed by atoms with van der Waals surface area (Å²) in [6.45, 7) is 10.3. The van der Waals surface area contributed by atoms with E-state index in [1.165, 1.54) is 6.08 Å². The first-order valence-electron chi connectivity index (χ1n) is 8.85. The number of rotatable bonds is 6. The second-order valence-electron chi connectivity index (χ2n) is 6.42. The smallest absolute Gasteiger partial charge is 0.247 e. The van der Waals surface area contributed by atoms with Crippen molar-refractivity contribution < 1.29 is 9.59 Å². The lowest BCUT2D eigenvalue weighted by Crippen LogP contribution is -2.42. The lowest BCUT2D eigenvalue weighted by atomic mass is 10.0. The maximum Gasteiger partial charge on any atom is 0.247 e. The molecule has 1 fully saturated rings. The third-order valence-electron chi connectivity index (χ3n) is 4.53. The zero-order valence-corrected chi connectivity index (χ0v) is 15.3. The summed E-state index contributed by atoms with van der Waals surface area (Å²) in [7, 11) is 0. The Balaban J connectivity index is 2.16. The number of hydrogen-bond acceptors (Lipinski definition) is 3. The quantitative estimate of drug-likeness (QED) is 0.802. The number of aryl methyl sites for hydroxylation is 1. The maximum atomic E-state index is 12.6. The molecule has 2 amide bonds. The molecule has 0 bridgehead atoms. The lowest BCUT2D eigenvalue weighted by Gasteiger charge is -2.22. The first kappa shape index (κ1) is 18.9. The van der Waals surface area contributed by atoms with Gasteiger partial charge in [0, 0.05) is 17.8 Å². The number of nitrogens with one attached hydrogen (secondary N) is 1. The Morgan fingerprint density at radius 3 is 2.92 bits per heavy atom. The van der Waals surface area contributed by atoms with Crippen molar-refractivity contribution in [1.82, 2.24) is 9.88 Å². The van der Waals surface area contributed by atoms with Gasteiger partial charge in [-0.25, -0.2) is 0 Å². The third kappa shape index (κ3) is 4.56. The minimum Gasteiger partial charge on any atom is -0.327 e. The molecule has 5 heteroatoms. The number of pyridine rings is 1. The Kier molecular flexibility index (Phi) is 6.51. The summed E-state index contributed by atoms with van der Waals surface area (Å²) < 4.78 is 0. The van der Waals surface area contributed by atoms with E-state index in [9.17, 15) is 9.59 Å². The van der Waals surface area contributed by atoms with Crippen LogP contribution in [0.15, 0.2) is 31.0 Å². The lowest BCUT2D eigenvalue weighted by molar-refractivity contribution is -0.132. The van der Waals surface area contributed by atoms with Crippen LogP contribution in [0.25, 0.3) is 5.57 Å². The van der Waals surface area contributed by atoms with E-state index in [-0.39, 0.29) is 11.8 Å². The molecule has 1 atom stereocenters. The fourth-order valence-electron chi connectivity index (χ4n) is 3.12. The van der Waals surface area contributed by atoms with Crippen molar-refractivity contribution in [3.05, 3.63) is 42.3 Å². The van der Waals surface area contributed by atoms with E-state index in [0.29, 0.717) is 18.7 Å². The molecule has 1 N–H and O–H groups in total. The summed E-state index contributed by atoms with van der Waals surface area (Å²) in [5.41, 5.74) is 3.80. The van der Waals surface area contributed by atoms with Gasteiger partial charge in [0.15, 0.2) is 0 Å². The van der Waals surface area contributed by atoms with Crippen molar-refractivity contribution in [3.8, 4) is 0 Å². The Hall–Kier alpha value is -2.43. The number of unbranched alkanes of at least 4 members (excludes halogenated alkanes) is 1. The van der Waals surface area contributed by atoms with Crippen molar-refractivity contribution in [2.24, 2.45) is 0 Å². The number of nitrogens with zero attached hydrogens (tertiary/aromatic N) is 2. The summed E-state index contributed by atoms with van der Waals surface area (Å²) in [6.07, 6.45) is 8.73. The van der Waals surface area contributed by atoms with E-state index >= 15 is 0 Å². The van der Waals surface area contributed by atoms with Gasteiger partial charge in [0.2, 0.25) is 11.8 Å². The van der Waals surface area contributed by atoms with Crippen LogP contribution in [0.2, 0.25) is 0 Å². The number of hydrogen-bond donors (Lipinski definition) is 1. The van der Waals surface area contributed by atoms with Gasteiger partial charge in [-0.2, -0.15) is 0 Å². The Morgan fingerprint density at radius 1 is 1.48 bits per heavy atom. The second-order valence-corrected chi connectivity index (χ2v) is 6.42. The molecule has 1 aliphatic rings. The molecule has 1 aromatic rings. The summed E-state index contributed by atoms with van der Waals surface area (Å²) in [4.78, 5) is 30.5. The minimum absolute atomic E-state index is 0.167. The molecular formula is C20H27N3O2. The fraction of sp³-hybridized carbons (Fsp3) is 0.450.